The van der Waals surface area contributed by atoms with E-state index < -0.39 is 11.6 Å². The normalized spacial score (nSPS) is 20.0. The van der Waals surface area contributed by atoms with E-state index in [-0.39, 0.29) is 17.6 Å². The molecule has 2 rings (SSSR count). The number of nitrogens with one attached hydrogen (secondary N) is 3. The molecule has 4 nitrogen and oxygen atoms in total. The van der Waals surface area contributed by atoms with Gasteiger partial charge in [-0.05, 0) is 12.1 Å². The van der Waals surface area contributed by atoms with Crippen LogP contribution in [0.5, 0.6) is 0 Å². The molecule has 0 aromatic heterocycles. The number of rotatable bonds is 2. The van der Waals surface area contributed by atoms with E-state index in [0.29, 0.717) is 13.1 Å². The van der Waals surface area contributed by atoms with Gasteiger partial charge in [0.1, 0.15) is 0 Å². The number of hydrogen-bond donors (Lipinski definition) is 3. The second-order valence-electron chi connectivity index (χ2n) is 3.83. The molecule has 1 saturated heterocycles. The second-order valence-corrected chi connectivity index (χ2v) is 3.83. The summed E-state index contributed by atoms with van der Waals surface area (Å²) < 4.78 is 25.6. The lowest BCUT2D eigenvalue weighted by Crippen LogP contribution is -2.54. The van der Waals surface area contributed by atoms with Crippen molar-refractivity contribution in [1.82, 2.24) is 10.6 Å². The fourth-order valence-corrected chi connectivity index (χ4v) is 1.64. The molecular weight excluding hydrogens is 228 g/mol. The standard InChI is InChI=1S/C11H13F2N3O/c12-8-2-1-7(5-9(8)13)16-11(17)10-6-14-3-4-15-10/h1-2,5,10,14-15H,3-4,6H2,(H,16,17). The summed E-state index contributed by atoms with van der Waals surface area (Å²) in [7, 11) is 0. The number of amides is 1. The van der Waals surface area contributed by atoms with Crippen molar-refractivity contribution < 1.29 is 13.6 Å². The van der Waals surface area contributed by atoms with E-state index in [1.54, 1.807) is 0 Å². The van der Waals surface area contributed by atoms with Crippen LogP contribution in [0.2, 0.25) is 0 Å². The fourth-order valence-electron chi connectivity index (χ4n) is 1.64. The van der Waals surface area contributed by atoms with E-state index in [4.69, 9.17) is 0 Å². The Morgan fingerprint density at radius 2 is 2.12 bits per heavy atom. The summed E-state index contributed by atoms with van der Waals surface area (Å²) in [5.41, 5.74) is 0.251. The zero-order valence-corrected chi connectivity index (χ0v) is 9.09. The Labute approximate surface area is 97.4 Å². The van der Waals surface area contributed by atoms with Gasteiger partial charge in [0.05, 0.1) is 6.04 Å². The minimum absolute atomic E-state index is 0.251. The molecule has 1 aliphatic rings. The lowest BCUT2D eigenvalue weighted by molar-refractivity contribution is -0.118. The predicted molar refractivity (Wildman–Crippen MR) is 59.6 cm³/mol. The Balaban J connectivity index is 1.99. The predicted octanol–water partition coefficient (Wildman–Crippen LogP) is 0.465. The van der Waals surface area contributed by atoms with E-state index in [1.807, 2.05) is 0 Å². The molecule has 0 bridgehead atoms. The van der Waals surface area contributed by atoms with Gasteiger partial charge in [0, 0.05) is 31.4 Å². The number of carbonyl (C=O) groups excluding carboxylic acids is 1. The van der Waals surface area contributed by atoms with Gasteiger partial charge in [-0.15, -0.1) is 0 Å². The van der Waals surface area contributed by atoms with Gasteiger partial charge < -0.3 is 16.0 Å². The first kappa shape index (κ1) is 11.9. The third kappa shape index (κ3) is 2.98. The van der Waals surface area contributed by atoms with Crippen molar-refractivity contribution in [2.24, 2.45) is 0 Å². The Morgan fingerprint density at radius 1 is 1.29 bits per heavy atom. The summed E-state index contributed by atoms with van der Waals surface area (Å²) >= 11 is 0. The first-order chi connectivity index (χ1) is 8.16. The summed E-state index contributed by atoms with van der Waals surface area (Å²) in [5.74, 6) is -2.17. The molecule has 0 aliphatic carbocycles. The van der Waals surface area contributed by atoms with Crippen LogP contribution in [0.1, 0.15) is 0 Å². The first-order valence-electron chi connectivity index (χ1n) is 5.37. The van der Waals surface area contributed by atoms with E-state index >= 15 is 0 Å². The highest BCUT2D eigenvalue weighted by Crippen LogP contribution is 2.13. The van der Waals surface area contributed by atoms with Crippen LogP contribution in [-0.2, 0) is 4.79 Å². The maximum absolute atomic E-state index is 12.9. The largest absolute Gasteiger partial charge is 0.325 e. The van der Waals surface area contributed by atoms with Crippen LogP contribution in [0.25, 0.3) is 0 Å². The van der Waals surface area contributed by atoms with Crippen LogP contribution in [0.15, 0.2) is 18.2 Å². The number of benzene rings is 1. The maximum Gasteiger partial charge on any atom is 0.242 e. The number of anilines is 1. The molecule has 92 valence electrons. The molecule has 1 amide bonds. The van der Waals surface area contributed by atoms with Gasteiger partial charge in [-0.25, -0.2) is 8.78 Å². The van der Waals surface area contributed by atoms with Crippen molar-refractivity contribution in [3.8, 4) is 0 Å². The third-order valence-corrected chi connectivity index (χ3v) is 2.54. The SMILES string of the molecule is O=C(Nc1ccc(F)c(F)c1)C1CNCCN1. The fraction of sp³-hybridized carbons (Fsp3) is 0.364. The molecule has 0 saturated carbocycles. The Kier molecular flexibility index (Phi) is 3.65. The van der Waals surface area contributed by atoms with Gasteiger partial charge in [-0.2, -0.15) is 0 Å². The van der Waals surface area contributed by atoms with Crippen LogP contribution in [-0.4, -0.2) is 31.6 Å². The van der Waals surface area contributed by atoms with Gasteiger partial charge >= 0.3 is 0 Å². The van der Waals surface area contributed by atoms with E-state index in [2.05, 4.69) is 16.0 Å². The van der Waals surface area contributed by atoms with Crippen LogP contribution in [0, 0.1) is 11.6 Å². The average molecular weight is 241 g/mol. The van der Waals surface area contributed by atoms with Crippen molar-refractivity contribution in [2.45, 2.75) is 6.04 Å². The molecule has 0 spiro atoms. The second kappa shape index (κ2) is 5.20. The molecule has 1 atom stereocenters. The van der Waals surface area contributed by atoms with Gasteiger partial charge in [0.25, 0.3) is 0 Å². The van der Waals surface area contributed by atoms with Gasteiger partial charge in [-0.1, -0.05) is 0 Å². The molecule has 1 unspecified atom stereocenters. The molecular formula is C11H13F2N3O. The molecule has 1 aliphatic heterocycles. The molecule has 0 radical (unpaired) electrons. The highest BCUT2D eigenvalue weighted by Gasteiger charge is 2.20. The van der Waals surface area contributed by atoms with E-state index in [9.17, 15) is 13.6 Å². The zero-order valence-electron chi connectivity index (χ0n) is 9.09. The summed E-state index contributed by atoms with van der Waals surface area (Å²) in [6.45, 7) is 2.04. The molecule has 1 fully saturated rings. The third-order valence-electron chi connectivity index (χ3n) is 2.54. The monoisotopic (exact) mass is 241 g/mol. The van der Waals surface area contributed by atoms with Crippen molar-refractivity contribution in [3.05, 3.63) is 29.8 Å². The maximum atomic E-state index is 12.9. The molecule has 1 heterocycles. The number of halogens is 2. The average Bonchev–Trinajstić information content (AvgIpc) is 2.35. The minimum atomic E-state index is -0.975. The molecule has 3 N–H and O–H groups in total. The van der Waals surface area contributed by atoms with Crippen molar-refractivity contribution >= 4 is 11.6 Å². The van der Waals surface area contributed by atoms with Gasteiger partial charge in [-0.3, -0.25) is 4.79 Å². The lowest BCUT2D eigenvalue weighted by atomic mass is 10.2. The Bertz CT molecular complexity index is 419. The number of carbonyl (C=O) groups is 1. The molecule has 6 heteroatoms. The highest BCUT2D eigenvalue weighted by molar-refractivity contribution is 5.95. The Morgan fingerprint density at radius 3 is 2.76 bits per heavy atom. The van der Waals surface area contributed by atoms with Gasteiger partial charge in [0.15, 0.2) is 11.6 Å². The first-order valence-corrected chi connectivity index (χ1v) is 5.37. The van der Waals surface area contributed by atoms with Crippen LogP contribution < -0.4 is 16.0 Å². The lowest BCUT2D eigenvalue weighted by Gasteiger charge is -2.23. The molecule has 1 aromatic rings. The zero-order chi connectivity index (χ0) is 12.3. The number of hydrogen-bond acceptors (Lipinski definition) is 3. The van der Waals surface area contributed by atoms with Gasteiger partial charge in [0.2, 0.25) is 5.91 Å². The van der Waals surface area contributed by atoms with Crippen LogP contribution in [0.3, 0.4) is 0 Å². The summed E-state index contributed by atoms with van der Waals surface area (Å²) in [6, 6.07) is 2.92. The van der Waals surface area contributed by atoms with Crippen molar-refractivity contribution in [2.75, 3.05) is 25.0 Å². The summed E-state index contributed by atoms with van der Waals surface area (Å²) in [6.07, 6.45) is 0. The summed E-state index contributed by atoms with van der Waals surface area (Å²) in [5, 5.41) is 8.62. The van der Waals surface area contributed by atoms with Crippen molar-refractivity contribution in [1.29, 1.82) is 0 Å². The quantitative estimate of drug-likeness (QED) is 0.705. The number of piperazine rings is 1. The minimum Gasteiger partial charge on any atom is -0.325 e. The van der Waals surface area contributed by atoms with Crippen LogP contribution in [0.4, 0.5) is 14.5 Å². The van der Waals surface area contributed by atoms with Crippen molar-refractivity contribution in [3.63, 3.8) is 0 Å². The molecule has 17 heavy (non-hydrogen) atoms. The summed E-state index contributed by atoms with van der Waals surface area (Å²) in [4.78, 5) is 11.7. The van der Waals surface area contributed by atoms with E-state index in [1.165, 1.54) is 6.07 Å². The smallest absolute Gasteiger partial charge is 0.242 e. The Hall–Kier alpha value is -1.53. The topological polar surface area (TPSA) is 53.2 Å². The van der Waals surface area contributed by atoms with E-state index in [0.717, 1.165) is 18.7 Å². The highest BCUT2D eigenvalue weighted by atomic mass is 19.2. The van der Waals surface area contributed by atoms with Crippen LogP contribution >= 0.6 is 0 Å². The molecule has 1 aromatic carbocycles.